The molecule has 0 atom stereocenters. The highest BCUT2D eigenvalue weighted by molar-refractivity contribution is 9.10. The summed E-state index contributed by atoms with van der Waals surface area (Å²) in [4.78, 5) is 14.4. The van der Waals surface area contributed by atoms with Gasteiger partial charge in [-0.25, -0.2) is 0 Å². The highest BCUT2D eigenvalue weighted by Gasteiger charge is 2.18. The van der Waals surface area contributed by atoms with Crippen molar-refractivity contribution in [1.82, 2.24) is 4.90 Å². The van der Waals surface area contributed by atoms with Crippen molar-refractivity contribution in [1.29, 1.82) is 0 Å². The summed E-state index contributed by atoms with van der Waals surface area (Å²) in [6, 6.07) is 5.50. The molecule has 1 aromatic rings. The minimum atomic E-state index is 0.114. The standard InChI is InChI=1S/C16H20BrNO2/c1-2-11-20-15-8-7-13(12-14(15)17)16(19)18-9-5-3-4-6-10-18/h2,7-8,12H,1,3-6,9-11H2. The molecule has 4 heteroatoms. The second-order valence-electron chi connectivity index (χ2n) is 4.95. The first-order valence-corrected chi connectivity index (χ1v) is 7.84. The molecule has 1 aromatic carbocycles. The van der Waals surface area contributed by atoms with E-state index in [0.29, 0.717) is 12.2 Å². The van der Waals surface area contributed by atoms with Gasteiger partial charge in [-0.3, -0.25) is 4.79 Å². The van der Waals surface area contributed by atoms with Crippen molar-refractivity contribution in [2.75, 3.05) is 19.7 Å². The lowest BCUT2D eigenvalue weighted by atomic mass is 10.2. The van der Waals surface area contributed by atoms with Crippen molar-refractivity contribution >= 4 is 21.8 Å². The van der Waals surface area contributed by atoms with E-state index in [2.05, 4.69) is 22.5 Å². The number of nitrogens with zero attached hydrogens (tertiary/aromatic N) is 1. The van der Waals surface area contributed by atoms with E-state index in [1.54, 1.807) is 6.08 Å². The summed E-state index contributed by atoms with van der Waals surface area (Å²) < 4.78 is 6.30. The van der Waals surface area contributed by atoms with Crippen LogP contribution in [0.2, 0.25) is 0 Å². The predicted molar refractivity (Wildman–Crippen MR) is 84.2 cm³/mol. The van der Waals surface area contributed by atoms with Gasteiger partial charge in [-0.05, 0) is 47.0 Å². The Kier molecular flexibility index (Phi) is 5.65. The van der Waals surface area contributed by atoms with Gasteiger partial charge in [0.05, 0.1) is 4.47 Å². The van der Waals surface area contributed by atoms with E-state index in [1.807, 2.05) is 23.1 Å². The molecule has 20 heavy (non-hydrogen) atoms. The first-order chi connectivity index (χ1) is 9.72. The maximum Gasteiger partial charge on any atom is 0.253 e. The van der Waals surface area contributed by atoms with Crippen LogP contribution < -0.4 is 4.74 Å². The van der Waals surface area contributed by atoms with E-state index >= 15 is 0 Å². The Bertz CT molecular complexity index is 479. The van der Waals surface area contributed by atoms with Crippen LogP contribution in [0.1, 0.15) is 36.0 Å². The normalized spacial score (nSPS) is 15.6. The summed E-state index contributed by atoms with van der Waals surface area (Å²) in [5.74, 6) is 0.847. The third-order valence-corrected chi connectivity index (χ3v) is 4.05. The summed E-state index contributed by atoms with van der Waals surface area (Å²) in [7, 11) is 0. The number of hydrogen-bond acceptors (Lipinski definition) is 2. The maximum absolute atomic E-state index is 12.5. The van der Waals surface area contributed by atoms with Crippen molar-refractivity contribution in [3.63, 3.8) is 0 Å². The van der Waals surface area contributed by atoms with Gasteiger partial charge in [0.1, 0.15) is 12.4 Å². The molecule has 0 bridgehead atoms. The minimum Gasteiger partial charge on any atom is -0.488 e. The lowest BCUT2D eigenvalue weighted by Gasteiger charge is -2.20. The smallest absolute Gasteiger partial charge is 0.253 e. The van der Waals surface area contributed by atoms with E-state index in [4.69, 9.17) is 4.74 Å². The number of hydrogen-bond donors (Lipinski definition) is 0. The van der Waals surface area contributed by atoms with Gasteiger partial charge in [-0.1, -0.05) is 25.5 Å². The minimum absolute atomic E-state index is 0.114. The summed E-state index contributed by atoms with van der Waals surface area (Å²) in [5.41, 5.74) is 0.713. The van der Waals surface area contributed by atoms with E-state index in [0.717, 1.165) is 36.2 Å². The van der Waals surface area contributed by atoms with Crippen LogP contribution in [0.25, 0.3) is 0 Å². The lowest BCUT2D eigenvalue weighted by molar-refractivity contribution is 0.0761. The van der Waals surface area contributed by atoms with Crippen molar-refractivity contribution in [3.05, 3.63) is 40.9 Å². The van der Waals surface area contributed by atoms with Crippen LogP contribution in [0.5, 0.6) is 5.75 Å². The zero-order valence-corrected chi connectivity index (χ0v) is 13.2. The third-order valence-electron chi connectivity index (χ3n) is 3.43. The molecule has 1 amide bonds. The van der Waals surface area contributed by atoms with Crippen LogP contribution in [-0.2, 0) is 0 Å². The maximum atomic E-state index is 12.5. The van der Waals surface area contributed by atoms with Gasteiger partial charge >= 0.3 is 0 Å². The van der Waals surface area contributed by atoms with Gasteiger partial charge in [0.25, 0.3) is 5.91 Å². The molecule has 3 nitrogen and oxygen atoms in total. The van der Waals surface area contributed by atoms with Gasteiger partial charge in [-0.2, -0.15) is 0 Å². The fraction of sp³-hybridized carbons (Fsp3) is 0.438. The molecule has 108 valence electrons. The Morgan fingerprint density at radius 3 is 2.60 bits per heavy atom. The fourth-order valence-corrected chi connectivity index (χ4v) is 2.85. The molecule has 1 fully saturated rings. The second-order valence-corrected chi connectivity index (χ2v) is 5.81. The molecule has 0 aromatic heterocycles. The average Bonchev–Trinajstić information content (AvgIpc) is 2.74. The van der Waals surface area contributed by atoms with Gasteiger partial charge in [-0.15, -0.1) is 0 Å². The molecule has 1 aliphatic heterocycles. The molecule has 0 unspecified atom stereocenters. The van der Waals surface area contributed by atoms with Crippen LogP contribution >= 0.6 is 15.9 Å². The molecule has 2 rings (SSSR count). The first kappa shape index (κ1) is 15.1. The van der Waals surface area contributed by atoms with Crippen molar-refractivity contribution in [2.45, 2.75) is 25.7 Å². The first-order valence-electron chi connectivity index (χ1n) is 7.05. The molecule has 0 radical (unpaired) electrons. The fourth-order valence-electron chi connectivity index (χ4n) is 2.36. The number of ether oxygens (including phenoxy) is 1. The van der Waals surface area contributed by atoms with Crippen molar-refractivity contribution in [2.24, 2.45) is 0 Å². The topological polar surface area (TPSA) is 29.5 Å². The second kappa shape index (κ2) is 7.48. The van der Waals surface area contributed by atoms with Crippen LogP contribution in [0.15, 0.2) is 35.3 Å². The van der Waals surface area contributed by atoms with Crippen LogP contribution in [-0.4, -0.2) is 30.5 Å². The molecule has 0 spiro atoms. The molecule has 0 aliphatic carbocycles. The van der Waals surface area contributed by atoms with E-state index < -0.39 is 0 Å². The largest absolute Gasteiger partial charge is 0.488 e. The van der Waals surface area contributed by atoms with Gasteiger partial charge < -0.3 is 9.64 Å². The summed E-state index contributed by atoms with van der Waals surface area (Å²) >= 11 is 3.46. The molecule has 1 saturated heterocycles. The zero-order chi connectivity index (χ0) is 14.4. The number of carbonyl (C=O) groups is 1. The Hall–Kier alpha value is -1.29. The van der Waals surface area contributed by atoms with Crippen molar-refractivity contribution in [3.8, 4) is 5.75 Å². The van der Waals surface area contributed by atoms with Gasteiger partial charge in [0, 0.05) is 18.7 Å². The van der Waals surface area contributed by atoms with E-state index in [9.17, 15) is 4.79 Å². The SMILES string of the molecule is C=CCOc1ccc(C(=O)N2CCCCCC2)cc1Br. The molecule has 1 heterocycles. The Balaban J connectivity index is 2.09. The molecule has 1 aliphatic rings. The van der Waals surface area contributed by atoms with Crippen LogP contribution in [0.4, 0.5) is 0 Å². The van der Waals surface area contributed by atoms with Crippen LogP contribution in [0, 0.1) is 0 Å². The Morgan fingerprint density at radius 1 is 1.30 bits per heavy atom. The van der Waals surface area contributed by atoms with E-state index in [1.165, 1.54) is 12.8 Å². The summed E-state index contributed by atoms with van der Waals surface area (Å²) in [6.45, 7) is 5.81. The van der Waals surface area contributed by atoms with Gasteiger partial charge in [0.2, 0.25) is 0 Å². The van der Waals surface area contributed by atoms with Crippen molar-refractivity contribution < 1.29 is 9.53 Å². The van der Waals surface area contributed by atoms with Crippen LogP contribution in [0.3, 0.4) is 0 Å². The number of rotatable bonds is 4. The molecular weight excluding hydrogens is 318 g/mol. The zero-order valence-electron chi connectivity index (χ0n) is 11.6. The summed E-state index contributed by atoms with van der Waals surface area (Å²) in [6.07, 6.45) is 6.35. The monoisotopic (exact) mass is 337 g/mol. The highest BCUT2D eigenvalue weighted by atomic mass is 79.9. The average molecular weight is 338 g/mol. The lowest BCUT2D eigenvalue weighted by Crippen LogP contribution is -2.31. The highest BCUT2D eigenvalue weighted by Crippen LogP contribution is 2.27. The Morgan fingerprint density at radius 2 is 2.00 bits per heavy atom. The third kappa shape index (κ3) is 3.85. The molecule has 0 N–H and O–H groups in total. The number of halogens is 1. The quantitative estimate of drug-likeness (QED) is 0.776. The summed E-state index contributed by atoms with van der Waals surface area (Å²) in [5, 5.41) is 0. The number of carbonyl (C=O) groups excluding carboxylic acids is 1. The van der Waals surface area contributed by atoms with Gasteiger partial charge in [0.15, 0.2) is 0 Å². The molecule has 0 saturated carbocycles. The molecular formula is C16H20BrNO2. The number of likely N-dealkylation sites (tertiary alicyclic amines) is 1. The number of amides is 1. The number of benzene rings is 1. The Labute approximate surface area is 128 Å². The van der Waals surface area contributed by atoms with E-state index in [-0.39, 0.29) is 5.91 Å². The predicted octanol–water partition coefficient (Wildman–Crippen LogP) is 4.03.